The molecule has 2 N–H and O–H groups in total. The topological polar surface area (TPSA) is 108 Å². The zero-order valence-electron chi connectivity index (χ0n) is 21.0. The van der Waals surface area contributed by atoms with Gasteiger partial charge in [0.15, 0.2) is 11.5 Å². The maximum atomic E-state index is 13.9. The van der Waals surface area contributed by atoms with Crippen LogP contribution in [0.2, 0.25) is 0 Å². The van der Waals surface area contributed by atoms with Crippen molar-refractivity contribution < 1.29 is 9.53 Å². The quantitative estimate of drug-likeness (QED) is 0.420. The number of hydrogen-bond donors (Lipinski definition) is 1. The number of anilines is 1. The number of amides is 1. The molecule has 1 aliphatic heterocycles. The first kappa shape index (κ1) is 24.1. The van der Waals surface area contributed by atoms with E-state index in [1.54, 1.807) is 40.7 Å². The van der Waals surface area contributed by atoms with Crippen LogP contribution in [-0.2, 0) is 4.79 Å². The van der Waals surface area contributed by atoms with Gasteiger partial charge >= 0.3 is 5.69 Å². The molecule has 1 atom stereocenters. The molecular weight excluding hydrogens is 468 g/mol. The van der Waals surface area contributed by atoms with Gasteiger partial charge in [0.2, 0.25) is 0 Å². The maximum absolute atomic E-state index is 13.9. The Morgan fingerprint density at radius 1 is 1.08 bits per heavy atom. The molecule has 1 unspecified atom stereocenters. The van der Waals surface area contributed by atoms with Crippen molar-refractivity contribution in [2.45, 2.75) is 39.2 Å². The van der Waals surface area contributed by atoms with Crippen LogP contribution < -0.4 is 16.2 Å². The third-order valence-electron chi connectivity index (χ3n) is 6.40. The summed E-state index contributed by atoms with van der Waals surface area (Å²) in [4.78, 5) is 37.2. The number of rotatable bonds is 5. The third kappa shape index (κ3) is 4.54. The summed E-state index contributed by atoms with van der Waals surface area (Å²) < 4.78 is 9.09. The first-order chi connectivity index (χ1) is 17.9. The fourth-order valence-electron chi connectivity index (χ4n) is 4.59. The summed E-state index contributed by atoms with van der Waals surface area (Å²) in [5.74, 6) is 7.17. The van der Waals surface area contributed by atoms with Gasteiger partial charge in [-0.25, -0.2) is 14.8 Å². The molecule has 0 aliphatic carbocycles. The normalized spacial score (nSPS) is 15.1. The number of imidazole rings is 1. The van der Waals surface area contributed by atoms with Crippen molar-refractivity contribution >= 4 is 22.9 Å². The second kappa shape index (κ2) is 9.82. The van der Waals surface area contributed by atoms with Gasteiger partial charge in [0.05, 0.1) is 11.7 Å². The monoisotopic (exact) mass is 496 g/mol. The Morgan fingerprint density at radius 3 is 2.46 bits per heavy atom. The van der Waals surface area contributed by atoms with Crippen molar-refractivity contribution in [1.29, 1.82) is 0 Å². The van der Waals surface area contributed by atoms with Crippen molar-refractivity contribution in [2.75, 3.05) is 18.8 Å². The van der Waals surface area contributed by atoms with Crippen molar-refractivity contribution in [3.63, 3.8) is 0 Å². The lowest BCUT2D eigenvalue weighted by Gasteiger charge is -2.14. The van der Waals surface area contributed by atoms with Crippen LogP contribution in [0.1, 0.15) is 45.0 Å². The molecule has 1 fully saturated rings. The van der Waals surface area contributed by atoms with Gasteiger partial charge in [-0.2, -0.15) is 0 Å². The Kier molecular flexibility index (Phi) is 6.40. The van der Waals surface area contributed by atoms with Crippen LogP contribution in [0.3, 0.4) is 0 Å². The summed E-state index contributed by atoms with van der Waals surface area (Å²) in [6.07, 6.45) is 0.612. The number of nitrogens with zero attached hydrogens (tertiary/aromatic N) is 5. The van der Waals surface area contributed by atoms with E-state index >= 15 is 0 Å². The number of nitrogen functional groups attached to an aromatic ring is 1. The number of benzene rings is 2. The molecular formula is C28H28N6O3. The molecule has 1 aliphatic rings. The molecule has 4 aromatic rings. The highest BCUT2D eigenvalue weighted by atomic mass is 16.5. The molecule has 1 saturated heterocycles. The van der Waals surface area contributed by atoms with Crippen LogP contribution in [0.15, 0.2) is 59.4 Å². The number of fused-ring (bicyclic) bond motifs is 1. The third-order valence-corrected chi connectivity index (χ3v) is 6.40. The average molecular weight is 497 g/mol. The lowest BCUT2D eigenvalue weighted by atomic mass is 10.2. The molecule has 5 rings (SSSR count). The molecule has 3 heterocycles. The zero-order chi connectivity index (χ0) is 26.1. The van der Waals surface area contributed by atoms with E-state index in [-0.39, 0.29) is 29.4 Å². The molecule has 9 heteroatoms. The fourth-order valence-corrected chi connectivity index (χ4v) is 4.59. The van der Waals surface area contributed by atoms with Gasteiger partial charge in [-0.05, 0) is 55.7 Å². The van der Waals surface area contributed by atoms with Gasteiger partial charge in [0.25, 0.3) is 5.91 Å². The van der Waals surface area contributed by atoms with E-state index in [1.165, 1.54) is 4.57 Å². The Bertz CT molecular complexity index is 1580. The highest BCUT2D eigenvalue weighted by molar-refractivity contribution is 5.93. The van der Waals surface area contributed by atoms with E-state index in [0.717, 1.165) is 5.75 Å². The predicted octanol–water partition coefficient (Wildman–Crippen LogP) is 3.88. The minimum atomic E-state index is -0.283. The van der Waals surface area contributed by atoms with Crippen LogP contribution in [0, 0.1) is 11.8 Å². The maximum Gasteiger partial charge on any atom is 0.335 e. The van der Waals surface area contributed by atoms with E-state index in [2.05, 4.69) is 16.8 Å². The van der Waals surface area contributed by atoms with E-state index in [1.807, 2.05) is 44.2 Å². The van der Waals surface area contributed by atoms with Crippen LogP contribution in [-0.4, -0.2) is 43.0 Å². The van der Waals surface area contributed by atoms with Gasteiger partial charge in [0, 0.05) is 19.0 Å². The van der Waals surface area contributed by atoms with Crippen molar-refractivity contribution in [1.82, 2.24) is 24.0 Å². The average Bonchev–Trinajstić information content (AvgIpc) is 3.48. The van der Waals surface area contributed by atoms with E-state index in [9.17, 15) is 9.59 Å². The SMILES string of the molecule is CC#CC(=O)N1CCC(n2c(=O)n(-c3ccc(Oc4ccccc4)cc3)c3c(N)nc(C(C)C)nc32)C1. The highest BCUT2D eigenvalue weighted by Crippen LogP contribution is 2.30. The van der Waals surface area contributed by atoms with E-state index in [0.29, 0.717) is 47.9 Å². The molecule has 2 aromatic carbocycles. The van der Waals surface area contributed by atoms with Crippen molar-refractivity contribution in [3.8, 4) is 29.0 Å². The molecule has 37 heavy (non-hydrogen) atoms. The largest absolute Gasteiger partial charge is 0.457 e. The summed E-state index contributed by atoms with van der Waals surface area (Å²) in [7, 11) is 0. The second-order valence-corrected chi connectivity index (χ2v) is 9.26. The summed E-state index contributed by atoms with van der Waals surface area (Å²) in [6, 6.07) is 16.4. The molecule has 2 aromatic heterocycles. The number of hydrogen-bond acceptors (Lipinski definition) is 6. The number of nitrogens with two attached hydrogens (primary N) is 1. The number of carbonyl (C=O) groups excluding carboxylic acids is 1. The summed E-state index contributed by atoms with van der Waals surface area (Å²) in [5, 5.41) is 0. The first-order valence-corrected chi connectivity index (χ1v) is 12.2. The number of para-hydroxylation sites is 1. The Labute approximate surface area is 214 Å². The Morgan fingerprint density at radius 2 is 1.78 bits per heavy atom. The summed E-state index contributed by atoms with van der Waals surface area (Å²) in [5.41, 5.74) is 7.67. The lowest BCUT2D eigenvalue weighted by molar-refractivity contribution is -0.124. The smallest absolute Gasteiger partial charge is 0.335 e. The van der Waals surface area contributed by atoms with Gasteiger partial charge < -0.3 is 15.4 Å². The van der Waals surface area contributed by atoms with Crippen LogP contribution in [0.25, 0.3) is 16.9 Å². The summed E-state index contributed by atoms with van der Waals surface area (Å²) in [6.45, 7) is 6.47. The minimum absolute atomic E-state index is 0.0227. The van der Waals surface area contributed by atoms with Crippen molar-refractivity contribution in [2.24, 2.45) is 0 Å². The van der Waals surface area contributed by atoms with E-state index in [4.69, 9.17) is 15.5 Å². The van der Waals surface area contributed by atoms with Crippen LogP contribution in [0.4, 0.5) is 5.82 Å². The number of likely N-dealkylation sites (tertiary alicyclic amines) is 1. The van der Waals surface area contributed by atoms with E-state index < -0.39 is 0 Å². The van der Waals surface area contributed by atoms with Crippen molar-refractivity contribution in [3.05, 3.63) is 70.9 Å². The highest BCUT2D eigenvalue weighted by Gasteiger charge is 2.32. The van der Waals surface area contributed by atoms with Gasteiger partial charge in [0.1, 0.15) is 22.8 Å². The lowest BCUT2D eigenvalue weighted by Crippen LogP contribution is -2.31. The molecule has 0 radical (unpaired) electrons. The second-order valence-electron chi connectivity index (χ2n) is 9.26. The molecule has 0 bridgehead atoms. The minimum Gasteiger partial charge on any atom is -0.457 e. The molecule has 0 spiro atoms. The summed E-state index contributed by atoms with van der Waals surface area (Å²) >= 11 is 0. The number of ether oxygens (including phenoxy) is 1. The van der Waals surface area contributed by atoms with Gasteiger partial charge in [-0.3, -0.25) is 13.9 Å². The molecule has 0 saturated carbocycles. The van der Waals surface area contributed by atoms with Crippen LogP contribution >= 0.6 is 0 Å². The molecule has 9 nitrogen and oxygen atoms in total. The molecule has 188 valence electrons. The fraction of sp³-hybridized carbons (Fsp3) is 0.286. The Balaban J connectivity index is 1.60. The number of aromatic nitrogens is 4. The number of carbonyl (C=O) groups is 1. The molecule has 1 amide bonds. The van der Waals surface area contributed by atoms with Gasteiger partial charge in [-0.15, -0.1) is 0 Å². The van der Waals surface area contributed by atoms with Gasteiger partial charge in [-0.1, -0.05) is 38.0 Å². The predicted molar refractivity (Wildman–Crippen MR) is 142 cm³/mol. The van der Waals surface area contributed by atoms with Crippen LogP contribution in [0.5, 0.6) is 11.5 Å². The first-order valence-electron chi connectivity index (χ1n) is 12.2. The standard InChI is InChI=1S/C28H28N6O3/c1-4-8-23(35)32-16-15-20(17-32)34-27-24(25(29)30-26(31-27)18(2)3)33(28(34)36)19-11-13-22(14-12-19)37-21-9-6-5-7-10-21/h5-7,9-14,18,20H,15-17H2,1-3H3,(H2,29,30,31). The Hall–Kier alpha value is -4.58. The zero-order valence-corrected chi connectivity index (χ0v) is 21.0.